The summed E-state index contributed by atoms with van der Waals surface area (Å²) >= 11 is 0. The van der Waals surface area contributed by atoms with E-state index in [1.165, 1.54) is 28.6 Å². The number of nitrogens with one attached hydrogen (secondary N) is 1. The van der Waals surface area contributed by atoms with Crippen LogP contribution in [0.2, 0.25) is 0 Å². The number of carbonyl (C=O) groups excluding carboxylic acids is 3. The van der Waals surface area contributed by atoms with Crippen molar-refractivity contribution >= 4 is 18.0 Å². The maximum Gasteiger partial charge on any atom is 0.410 e. The van der Waals surface area contributed by atoms with Crippen LogP contribution in [-0.2, 0) is 16.5 Å². The number of carbonyl (C=O) groups is 3. The van der Waals surface area contributed by atoms with Crippen molar-refractivity contribution in [1.29, 1.82) is 0 Å². The Morgan fingerprint density at radius 2 is 1.79 bits per heavy atom. The predicted molar refractivity (Wildman–Crippen MR) is 121 cm³/mol. The van der Waals surface area contributed by atoms with Gasteiger partial charge in [-0.05, 0) is 32.9 Å². The minimum Gasteiger partial charge on any atom is -0.464 e. The number of nitrogens with zero attached hydrogens (tertiary/aromatic N) is 3. The third-order valence-electron chi connectivity index (χ3n) is 5.01. The molecular weight excluding hydrogens is 444 g/mol. The van der Waals surface area contributed by atoms with Gasteiger partial charge in [0.25, 0.3) is 5.56 Å². The molecule has 1 aromatic carbocycles. The number of hydrogen-bond donors (Lipinski definition) is 1. The monoisotopic (exact) mass is 472 g/mol. The second kappa shape index (κ2) is 10.0. The molecule has 1 fully saturated rings. The first kappa shape index (κ1) is 24.9. The molecule has 2 heterocycles. The topological polar surface area (TPSA) is 129 Å². The number of hydrogen-bond acceptors (Lipinski definition) is 9. The predicted octanol–water partition coefficient (Wildman–Crippen LogP) is 1.67. The van der Waals surface area contributed by atoms with Gasteiger partial charge in [0.15, 0.2) is 5.69 Å². The largest absolute Gasteiger partial charge is 0.464 e. The Bertz CT molecular complexity index is 1140. The summed E-state index contributed by atoms with van der Waals surface area (Å²) in [6.07, 6.45) is -0.495. The molecule has 0 radical (unpaired) electrons. The Hall–Kier alpha value is -3.73. The standard InChI is InChI=1S/C23H28N4O7/c1-23(2,3)34-22(31)27-12-11-24-15(13-27)18-25-16(21(30)32-5)17(19(28)26(18)4)33-20(29)14-9-7-6-8-10-14/h6-10,15,24H,11-13H2,1-5H3. The molecule has 1 atom stereocenters. The average molecular weight is 472 g/mol. The molecule has 1 N–H and O–H groups in total. The molecule has 1 aromatic heterocycles. The zero-order valence-electron chi connectivity index (χ0n) is 19.8. The Labute approximate surface area is 196 Å². The molecule has 11 heteroatoms. The molecule has 1 unspecified atom stereocenters. The summed E-state index contributed by atoms with van der Waals surface area (Å²) in [4.78, 5) is 56.5. The summed E-state index contributed by atoms with van der Waals surface area (Å²) < 4.78 is 16.7. The van der Waals surface area contributed by atoms with Crippen LogP contribution in [0.25, 0.3) is 0 Å². The second-order valence-corrected chi connectivity index (χ2v) is 8.69. The fraction of sp³-hybridized carbons (Fsp3) is 0.435. The van der Waals surface area contributed by atoms with Crippen molar-refractivity contribution in [1.82, 2.24) is 19.8 Å². The first-order chi connectivity index (χ1) is 16.0. The van der Waals surface area contributed by atoms with Crippen LogP contribution in [0.4, 0.5) is 4.79 Å². The lowest BCUT2D eigenvalue weighted by Gasteiger charge is -2.35. The fourth-order valence-corrected chi connectivity index (χ4v) is 3.38. The van der Waals surface area contributed by atoms with Gasteiger partial charge in [-0.15, -0.1) is 0 Å². The van der Waals surface area contributed by atoms with Crippen LogP contribution in [0, 0.1) is 0 Å². The Morgan fingerprint density at radius 3 is 2.41 bits per heavy atom. The molecule has 1 aliphatic rings. The maximum atomic E-state index is 13.1. The van der Waals surface area contributed by atoms with E-state index in [0.717, 1.165) is 7.11 Å². The van der Waals surface area contributed by atoms with E-state index in [9.17, 15) is 19.2 Å². The van der Waals surface area contributed by atoms with E-state index >= 15 is 0 Å². The van der Waals surface area contributed by atoms with E-state index in [-0.39, 0.29) is 17.9 Å². The van der Waals surface area contributed by atoms with E-state index in [0.29, 0.717) is 13.1 Å². The normalized spacial score (nSPS) is 16.0. The lowest BCUT2D eigenvalue weighted by atomic mass is 10.1. The summed E-state index contributed by atoms with van der Waals surface area (Å²) in [5.74, 6) is -2.11. The highest BCUT2D eigenvalue weighted by molar-refractivity contribution is 5.94. The molecule has 2 aromatic rings. The van der Waals surface area contributed by atoms with E-state index < -0.39 is 46.7 Å². The third kappa shape index (κ3) is 5.60. The molecule has 34 heavy (non-hydrogen) atoms. The van der Waals surface area contributed by atoms with Gasteiger partial charge >= 0.3 is 18.0 Å². The Morgan fingerprint density at radius 1 is 1.12 bits per heavy atom. The molecule has 11 nitrogen and oxygen atoms in total. The van der Waals surface area contributed by atoms with Crippen molar-refractivity contribution in [2.24, 2.45) is 7.05 Å². The van der Waals surface area contributed by atoms with Crippen molar-refractivity contribution in [3.8, 4) is 5.75 Å². The van der Waals surface area contributed by atoms with Crippen molar-refractivity contribution in [3.63, 3.8) is 0 Å². The van der Waals surface area contributed by atoms with Crippen LogP contribution in [0.5, 0.6) is 5.75 Å². The van der Waals surface area contributed by atoms with Gasteiger partial charge in [0, 0.05) is 26.7 Å². The van der Waals surface area contributed by atoms with Crippen molar-refractivity contribution in [2.45, 2.75) is 32.4 Å². The van der Waals surface area contributed by atoms with Crippen LogP contribution in [0.3, 0.4) is 0 Å². The van der Waals surface area contributed by atoms with E-state index in [1.54, 1.807) is 39.0 Å². The van der Waals surface area contributed by atoms with Crippen LogP contribution in [0.15, 0.2) is 35.1 Å². The fourth-order valence-electron chi connectivity index (χ4n) is 3.38. The van der Waals surface area contributed by atoms with E-state index in [4.69, 9.17) is 14.2 Å². The Kier molecular flexibility index (Phi) is 7.35. The van der Waals surface area contributed by atoms with Crippen molar-refractivity contribution < 1.29 is 28.6 Å². The summed E-state index contributed by atoms with van der Waals surface area (Å²) in [5.41, 5.74) is -1.64. The van der Waals surface area contributed by atoms with E-state index in [2.05, 4.69) is 10.3 Å². The molecule has 0 saturated carbocycles. The summed E-state index contributed by atoms with van der Waals surface area (Å²) in [5, 5.41) is 3.19. The number of piperazine rings is 1. The number of amides is 1. The van der Waals surface area contributed by atoms with Gasteiger partial charge in [0.1, 0.15) is 11.4 Å². The zero-order valence-corrected chi connectivity index (χ0v) is 19.8. The van der Waals surface area contributed by atoms with Crippen LogP contribution in [0.1, 0.15) is 53.5 Å². The summed E-state index contributed by atoms with van der Waals surface area (Å²) in [7, 11) is 2.58. The minimum atomic E-state index is -0.936. The second-order valence-electron chi connectivity index (χ2n) is 8.69. The summed E-state index contributed by atoms with van der Waals surface area (Å²) in [6, 6.07) is 7.46. The molecule has 3 rings (SSSR count). The molecule has 0 aliphatic carbocycles. The van der Waals surface area contributed by atoms with E-state index in [1.807, 2.05) is 0 Å². The smallest absolute Gasteiger partial charge is 0.410 e. The van der Waals surface area contributed by atoms with Crippen LogP contribution < -0.4 is 15.6 Å². The number of benzene rings is 1. The molecule has 1 amide bonds. The maximum absolute atomic E-state index is 13.1. The number of aromatic nitrogens is 2. The van der Waals surface area contributed by atoms with Gasteiger partial charge in [-0.3, -0.25) is 9.36 Å². The molecule has 0 bridgehead atoms. The average Bonchev–Trinajstić information content (AvgIpc) is 2.81. The molecule has 1 saturated heterocycles. The highest BCUT2D eigenvalue weighted by Gasteiger charge is 2.33. The SMILES string of the molecule is COC(=O)c1nc(C2CN(C(=O)OC(C)(C)C)CCN2)n(C)c(=O)c1OC(=O)c1ccccc1. The van der Waals surface area contributed by atoms with Gasteiger partial charge in [-0.1, -0.05) is 18.2 Å². The Balaban J connectivity index is 1.96. The van der Waals surface area contributed by atoms with Gasteiger partial charge in [-0.2, -0.15) is 0 Å². The lowest BCUT2D eigenvalue weighted by Crippen LogP contribution is -2.51. The number of rotatable bonds is 4. The lowest BCUT2D eigenvalue weighted by molar-refractivity contribution is 0.0189. The molecular formula is C23H28N4O7. The number of ether oxygens (including phenoxy) is 3. The van der Waals surface area contributed by atoms with Gasteiger partial charge in [0.05, 0.1) is 18.7 Å². The van der Waals surface area contributed by atoms with Gasteiger partial charge in [0.2, 0.25) is 5.75 Å². The molecule has 182 valence electrons. The minimum absolute atomic E-state index is 0.152. The van der Waals surface area contributed by atoms with Crippen molar-refractivity contribution in [2.75, 3.05) is 26.7 Å². The van der Waals surface area contributed by atoms with Gasteiger partial charge < -0.3 is 24.4 Å². The zero-order chi connectivity index (χ0) is 25.0. The van der Waals surface area contributed by atoms with Crippen LogP contribution >= 0.6 is 0 Å². The van der Waals surface area contributed by atoms with Gasteiger partial charge in [-0.25, -0.2) is 19.4 Å². The third-order valence-corrected chi connectivity index (χ3v) is 5.01. The first-order valence-corrected chi connectivity index (χ1v) is 10.7. The number of esters is 2. The van der Waals surface area contributed by atoms with Crippen LogP contribution in [-0.4, -0.2) is 64.8 Å². The molecule has 1 aliphatic heterocycles. The quantitative estimate of drug-likeness (QED) is 0.661. The first-order valence-electron chi connectivity index (χ1n) is 10.7. The highest BCUT2D eigenvalue weighted by atomic mass is 16.6. The summed E-state index contributed by atoms with van der Waals surface area (Å²) in [6.45, 7) is 6.28. The molecule has 0 spiro atoms. The van der Waals surface area contributed by atoms with Crippen molar-refractivity contribution in [3.05, 3.63) is 57.8 Å². The highest BCUT2D eigenvalue weighted by Crippen LogP contribution is 2.21. The number of methoxy groups -OCH3 is 1.